The van der Waals surface area contributed by atoms with Gasteiger partial charge in [0.1, 0.15) is 0 Å². The van der Waals surface area contributed by atoms with Crippen LogP contribution in [-0.4, -0.2) is 5.16 Å². The zero-order valence-electron chi connectivity index (χ0n) is 12.2. The Hall–Kier alpha value is -2.55. The Morgan fingerprint density at radius 1 is 0.905 bits per heavy atom. The van der Waals surface area contributed by atoms with Gasteiger partial charge in [-0.05, 0) is 16.7 Å². The summed E-state index contributed by atoms with van der Waals surface area (Å²) in [6.45, 7) is 4.23. The maximum Gasteiger partial charge on any atom is 0.222 e. The maximum atomic E-state index is 5.62. The van der Waals surface area contributed by atoms with Gasteiger partial charge in [-0.15, -0.1) is 0 Å². The lowest BCUT2D eigenvalue weighted by Crippen LogP contribution is -2.19. The Morgan fingerprint density at radius 2 is 1.52 bits per heavy atom. The fourth-order valence-corrected chi connectivity index (χ4v) is 2.44. The molecule has 106 valence electrons. The summed E-state index contributed by atoms with van der Waals surface area (Å²) < 4.78 is 4.99. The Bertz CT molecular complexity index is 727. The van der Waals surface area contributed by atoms with Crippen molar-refractivity contribution >= 4 is 5.88 Å². The molecule has 1 heterocycles. The first-order valence-corrected chi connectivity index (χ1v) is 6.96. The number of benzene rings is 2. The van der Waals surface area contributed by atoms with Crippen molar-refractivity contribution in [3.05, 3.63) is 71.9 Å². The van der Waals surface area contributed by atoms with Crippen molar-refractivity contribution in [3.63, 3.8) is 0 Å². The summed E-state index contributed by atoms with van der Waals surface area (Å²) in [6.07, 6.45) is 0. The summed E-state index contributed by atoms with van der Waals surface area (Å²) in [6, 6.07) is 20.7. The number of hydrogen-bond acceptors (Lipinski definition) is 3. The first kappa shape index (κ1) is 13.4. The smallest absolute Gasteiger partial charge is 0.222 e. The number of anilines is 1. The molecule has 2 aromatic carbocycles. The van der Waals surface area contributed by atoms with E-state index in [1.165, 1.54) is 16.7 Å². The molecule has 21 heavy (non-hydrogen) atoms. The van der Waals surface area contributed by atoms with Crippen LogP contribution in [-0.2, 0) is 5.41 Å². The van der Waals surface area contributed by atoms with E-state index in [2.05, 4.69) is 55.4 Å². The second kappa shape index (κ2) is 5.09. The van der Waals surface area contributed by atoms with Gasteiger partial charge < -0.3 is 10.3 Å². The summed E-state index contributed by atoms with van der Waals surface area (Å²) in [4.78, 5) is 0. The molecule has 0 atom stereocenters. The van der Waals surface area contributed by atoms with Crippen LogP contribution in [0.1, 0.15) is 25.1 Å². The highest BCUT2D eigenvalue weighted by Gasteiger charge is 2.26. The van der Waals surface area contributed by atoms with Crippen LogP contribution in [0.25, 0.3) is 11.1 Å². The van der Waals surface area contributed by atoms with Crippen LogP contribution in [0.15, 0.2) is 65.2 Å². The van der Waals surface area contributed by atoms with Crippen molar-refractivity contribution in [1.82, 2.24) is 5.16 Å². The Labute approximate surface area is 124 Å². The van der Waals surface area contributed by atoms with E-state index in [9.17, 15) is 0 Å². The van der Waals surface area contributed by atoms with E-state index in [1.54, 1.807) is 6.07 Å². The van der Waals surface area contributed by atoms with Gasteiger partial charge in [0, 0.05) is 11.5 Å². The molecular weight excluding hydrogens is 260 g/mol. The van der Waals surface area contributed by atoms with Crippen molar-refractivity contribution in [1.29, 1.82) is 0 Å². The molecule has 0 bridgehead atoms. The molecule has 0 saturated heterocycles. The van der Waals surface area contributed by atoms with Gasteiger partial charge in [-0.3, -0.25) is 0 Å². The predicted octanol–water partition coefficient (Wildman–Crippen LogP) is 4.25. The molecule has 0 amide bonds. The highest BCUT2D eigenvalue weighted by molar-refractivity contribution is 5.63. The molecule has 0 aliphatic carbocycles. The van der Waals surface area contributed by atoms with E-state index < -0.39 is 0 Å². The molecule has 0 spiro atoms. The average Bonchev–Trinajstić information content (AvgIpc) is 2.96. The van der Waals surface area contributed by atoms with Crippen molar-refractivity contribution < 1.29 is 4.52 Å². The molecule has 0 unspecified atom stereocenters. The van der Waals surface area contributed by atoms with E-state index >= 15 is 0 Å². The molecule has 0 saturated carbocycles. The molecule has 3 rings (SSSR count). The zero-order chi connectivity index (χ0) is 14.9. The van der Waals surface area contributed by atoms with Gasteiger partial charge in [-0.25, -0.2) is 0 Å². The van der Waals surface area contributed by atoms with Crippen LogP contribution < -0.4 is 5.73 Å². The van der Waals surface area contributed by atoms with E-state index in [4.69, 9.17) is 10.3 Å². The van der Waals surface area contributed by atoms with Crippen molar-refractivity contribution in [2.24, 2.45) is 0 Å². The van der Waals surface area contributed by atoms with Gasteiger partial charge in [0.2, 0.25) is 5.88 Å². The van der Waals surface area contributed by atoms with Gasteiger partial charge in [0.25, 0.3) is 0 Å². The minimum Gasteiger partial charge on any atom is -0.368 e. The molecule has 3 aromatic rings. The fourth-order valence-electron chi connectivity index (χ4n) is 2.44. The minimum absolute atomic E-state index is 0.240. The third-order valence-corrected chi connectivity index (χ3v) is 3.88. The van der Waals surface area contributed by atoms with Crippen molar-refractivity contribution in [2.45, 2.75) is 19.3 Å². The summed E-state index contributed by atoms with van der Waals surface area (Å²) in [5.41, 5.74) is 9.82. The van der Waals surface area contributed by atoms with E-state index in [0.717, 1.165) is 5.69 Å². The van der Waals surface area contributed by atoms with Crippen molar-refractivity contribution in [3.8, 4) is 11.1 Å². The highest BCUT2D eigenvalue weighted by Crippen LogP contribution is 2.32. The molecular formula is C18H18N2O. The second-order valence-corrected chi connectivity index (χ2v) is 5.68. The van der Waals surface area contributed by atoms with Crippen molar-refractivity contribution in [2.75, 3.05) is 5.73 Å². The van der Waals surface area contributed by atoms with Crippen LogP contribution in [0.4, 0.5) is 5.88 Å². The first-order chi connectivity index (χ1) is 10.1. The van der Waals surface area contributed by atoms with Crippen LogP contribution in [0.3, 0.4) is 0 Å². The van der Waals surface area contributed by atoms with E-state index in [0.29, 0.717) is 5.88 Å². The second-order valence-electron chi connectivity index (χ2n) is 5.68. The summed E-state index contributed by atoms with van der Waals surface area (Å²) in [5.74, 6) is 0.346. The number of aromatic nitrogens is 1. The minimum atomic E-state index is -0.240. The Morgan fingerprint density at radius 3 is 2.10 bits per heavy atom. The highest BCUT2D eigenvalue weighted by atomic mass is 16.5. The Balaban J connectivity index is 1.94. The summed E-state index contributed by atoms with van der Waals surface area (Å²) >= 11 is 0. The monoisotopic (exact) mass is 278 g/mol. The lowest BCUT2D eigenvalue weighted by atomic mass is 9.81. The molecule has 0 aliphatic rings. The lowest BCUT2D eigenvalue weighted by Gasteiger charge is -2.22. The molecule has 3 nitrogen and oxygen atoms in total. The van der Waals surface area contributed by atoms with Crippen LogP contribution in [0.2, 0.25) is 0 Å². The van der Waals surface area contributed by atoms with Gasteiger partial charge in [0.05, 0.1) is 5.69 Å². The number of nitrogen functional groups attached to an aromatic ring is 1. The van der Waals surface area contributed by atoms with Crippen LogP contribution in [0, 0.1) is 0 Å². The molecule has 0 fully saturated rings. The SMILES string of the molecule is CC(C)(c1ccc(-c2ccccc2)cc1)c1cc(N)on1. The maximum absolute atomic E-state index is 5.62. The zero-order valence-corrected chi connectivity index (χ0v) is 12.2. The quantitative estimate of drug-likeness (QED) is 0.779. The molecule has 2 N–H and O–H groups in total. The molecule has 3 heteroatoms. The van der Waals surface area contributed by atoms with E-state index in [-0.39, 0.29) is 5.41 Å². The summed E-state index contributed by atoms with van der Waals surface area (Å²) in [5, 5.41) is 4.04. The largest absolute Gasteiger partial charge is 0.368 e. The molecule has 0 aliphatic heterocycles. The predicted molar refractivity (Wildman–Crippen MR) is 84.9 cm³/mol. The number of rotatable bonds is 3. The molecule has 1 aromatic heterocycles. The number of nitrogens with two attached hydrogens (primary N) is 1. The lowest BCUT2D eigenvalue weighted by molar-refractivity contribution is 0.411. The van der Waals surface area contributed by atoms with Gasteiger partial charge in [0.15, 0.2) is 0 Å². The van der Waals surface area contributed by atoms with Crippen LogP contribution >= 0.6 is 0 Å². The topological polar surface area (TPSA) is 52.0 Å². The van der Waals surface area contributed by atoms with Gasteiger partial charge >= 0.3 is 0 Å². The third-order valence-electron chi connectivity index (χ3n) is 3.88. The standard InChI is InChI=1S/C18H18N2O/c1-18(2,16-12-17(19)21-20-16)15-10-8-14(9-11-15)13-6-4-3-5-7-13/h3-12H,19H2,1-2H3. The normalized spacial score (nSPS) is 11.5. The number of nitrogens with zero attached hydrogens (tertiary/aromatic N) is 1. The number of hydrogen-bond donors (Lipinski definition) is 1. The third kappa shape index (κ3) is 2.55. The van der Waals surface area contributed by atoms with Gasteiger partial charge in [-0.2, -0.15) is 0 Å². The van der Waals surface area contributed by atoms with Gasteiger partial charge in [-0.1, -0.05) is 73.6 Å². The summed E-state index contributed by atoms with van der Waals surface area (Å²) in [7, 11) is 0. The fraction of sp³-hybridized carbons (Fsp3) is 0.167. The van der Waals surface area contributed by atoms with E-state index in [1.807, 2.05) is 18.2 Å². The average molecular weight is 278 g/mol. The molecule has 0 radical (unpaired) electrons. The van der Waals surface area contributed by atoms with Crippen LogP contribution in [0.5, 0.6) is 0 Å². The Kier molecular flexibility index (Phi) is 3.26. The first-order valence-electron chi connectivity index (χ1n) is 6.96.